The number of phenolic OH excluding ortho intramolecular Hbond substituents is 1. The van der Waals surface area contributed by atoms with Crippen LogP contribution >= 0.6 is 24.8 Å². The molecule has 0 atom stereocenters. The van der Waals surface area contributed by atoms with E-state index in [0.29, 0.717) is 5.75 Å². The number of allylic oxidation sites excluding steroid dienone is 4. The predicted molar refractivity (Wildman–Crippen MR) is 166 cm³/mol. The van der Waals surface area contributed by atoms with Gasteiger partial charge in [0.25, 0.3) is 0 Å². The third kappa shape index (κ3) is 12.6. The molecule has 0 unspecified atom stereocenters. The van der Waals surface area contributed by atoms with Crippen LogP contribution in [0.15, 0.2) is 96.2 Å². The molecule has 0 heterocycles. The zero-order chi connectivity index (χ0) is 26.1. The summed E-state index contributed by atoms with van der Waals surface area (Å²) in [4.78, 5) is 0. The molecular formula is C32H41Cl2OSiTi. The van der Waals surface area contributed by atoms with Gasteiger partial charge in [0.1, 0.15) is 5.75 Å². The summed E-state index contributed by atoms with van der Waals surface area (Å²) >= 11 is 2.16. The number of aromatic hydroxyl groups is 1. The van der Waals surface area contributed by atoms with Gasteiger partial charge >= 0.3 is 95.6 Å². The molecule has 5 heteroatoms. The first-order valence-electron chi connectivity index (χ1n) is 12.2. The topological polar surface area (TPSA) is 20.2 Å². The second-order valence-electron chi connectivity index (χ2n) is 10.9. The molecule has 0 fully saturated rings. The molecule has 3 aromatic rings. The zero-order valence-electron chi connectivity index (χ0n) is 23.1. The number of halogens is 2. The number of hydrogen-bond donors (Lipinski definition) is 1. The van der Waals surface area contributed by atoms with Crippen molar-refractivity contribution in [3.05, 3.63) is 125 Å². The first kappa shape index (κ1) is 35.3. The summed E-state index contributed by atoms with van der Waals surface area (Å²) in [5.41, 5.74) is 4.99. The van der Waals surface area contributed by atoms with Gasteiger partial charge in [-0.2, -0.15) is 6.08 Å². The number of aryl methyl sites for hydroxylation is 1. The molecule has 0 bridgehead atoms. The second kappa shape index (κ2) is 16.3. The minimum atomic E-state index is -1.01. The van der Waals surface area contributed by atoms with E-state index in [2.05, 4.69) is 133 Å². The summed E-state index contributed by atoms with van der Waals surface area (Å²) in [5.74, 6) is 0.361. The number of hydrogen-bond acceptors (Lipinski definition) is 1. The molecule has 37 heavy (non-hydrogen) atoms. The van der Waals surface area contributed by atoms with E-state index in [9.17, 15) is 5.11 Å². The van der Waals surface area contributed by atoms with Crippen molar-refractivity contribution in [1.29, 1.82) is 0 Å². The molecule has 0 saturated heterocycles. The molecule has 4 rings (SSSR count). The van der Waals surface area contributed by atoms with Crippen LogP contribution in [-0.2, 0) is 25.4 Å². The Morgan fingerprint density at radius 2 is 1.32 bits per heavy atom. The summed E-state index contributed by atoms with van der Waals surface area (Å²) < 4.78 is 1.33. The quantitative estimate of drug-likeness (QED) is 0.239. The van der Waals surface area contributed by atoms with E-state index in [1.807, 2.05) is 25.1 Å². The Kier molecular flexibility index (Phi) is 15.6. The van der Waals surface area contributed by atoms with Crippen LogP contribution in [0.1, 0.15) is 49.4 Å². The third-order valence-electron chi connectivity index (χ3n) is 5.56. The molecule has 0 spiro atoms. The number of benzene rings is 3. The van der Waals surface area contributed by atoms with E-state index in [1.165, 1.54) is 25.7 Å². The second-order valence-corrected chi connectivity index (χ2v) is 16.7. The Hall–Kier alpha value is -1.68. The Bertz CT molecular complexity index is 1100. The van der Waals surface area contributed by atoms with Crippen LogP contribution in [0.2, 0.25) is 19.6 Å². The van der Waals surface area contributed by atoms with Crippen molar-refractivity contribution in [2.75, 3.05) is 0 Å². The zero-order valence-corrected chi connectivity index (χ0v) is 27.3. The van der Waals surface area contributed by atoms with E-state index < -0.39 is 8.07 Å². The first-order valence-corrected chi connectivity index (χ1v) is 16.4. The van der Waals surface area contributed by atoms with Crippen molar-refractivity contribution in [3.8, 4) is 5.75 Å². The van der Waals surface area contributed by atoms with Gasteiger partial charge in [-0.3, -0.25) is 6.08 Å². The Balaban J connectivity index is 0.000000523. The standard InChI is InChI=1S/C13H10.C11H16O.C8H13Si.2ClH.Ti/c1-3-7-12(8-4-1)11-13-9-5-2-6-10-13;1-8-5-9(11(2,3)4)7-10(12)6-8;1-9(2,3)8-6-4-5-7-8;;;/h1-10H;5-7,12H,1-4H3;4,6H,5H2,1-3H3;2*1H;/q;;-1;;;+1. The maximum atomic E-state index is 9.36. The van der Waals surface area contributed by atoms with Crippen LogP contribution in [0, 0.1) is 13.0 Å². The Morgan fingerprint density at radius 3 is 1.65 bits per heavy atom. The molecule has 0 amide bonds. The molecule has 0 radical (unpaired) electrons. The van der Waals surface area contributed by atoms with Gasteiger partial charge in [-0.25, -0.2) is 11.3 Å². The van der Waals surface area contributed by atoms with E-state index in [4.69, 9.17) is 0 Å². The molecule has 0 saturated carbocycles. The monoisotopic (exact) mass is 587 g/mol. The molecule has 0 aliphatic heterocycles. The van der Waals surface area contributed by atoms with Crippen LogP contribution in [0.3, 0.4) is 0 Å². The molecule has 0 aromatic heterocycles. The Labute approximate surface area is 249 Å². The summed E-state index contributed by atoms with van der Waals surface area (Å²) in [6, 6.07) is 26.6. The Morgan fingerprint density at radius 1 is 0.838 bits per heavy atom. The van der Waals surface area contributed by atoms with Gasteiger partial charge < -0.3 is 5.11 Å². The van der Waals surface area contributed by atoms with Gasteiger partial charge in [-0.1, -0.05) is 46.5 Å². The van der Waals surface area contributed by atoms with Gasteiger partial charge in [0.05, 0.1) is 0 Å². The van der Waals surface area contributed by atoms with E-state index in [-0.39, 0.29) is 30.2 Å². The van der Waals surface area contributed by atoms with Crippen LogP contribution in [0.4, 0.5) is 0 Å². The van der Waals surface area contributed by atoms with E-state index in [0.717, 1.165) is 12.0 Å². The molecule has 1 N–H and O–H groups in total. The van der Waals surface area contributed by atoms with Crippen molar-refractivity contribution in [1.82, 2.24) is 0 Å². The van der Waals surface area contributed by atoms with Crippen LogP contribution in [0.5, 0.6) is 5.75 Å². The molecule has 1 nitrogen and oxygen atoms in total. The predicted octanol–water partition coefficient (Wildman–Crippen LogP) is 9.20. The van der Waals surface area contributed by atoms with Crippen LogP contribution in [-0.4, -0.2) is 17.0 Å². The van der Waals surface area contributed by atoms with Crippen LogP contribution < -0.4 is 0 Å². The fourth-order valence-electron chi connectivity index (χ4n) is 3.49. The van der Waals surface area contributed by atoms with Crippen molar-refractivity contribution in [2.24, 2.45) is 0 Å². The normalized spacial score (nSPS) is 12.0. The summed E-state index contributed by atoms with van der Waals surface area (Å²) in [7, 11) is -1.01. The van der Waals surface area contributed by atoms with E-state index in [1.54, 1.807) is 6.07 Å². The van der Waals surface area contributed by atoms with Crippen molar-refractivity contribution < 1.29 is 25.1 Å². The van der Waals surface area contributed by atoms with Crippen molar-refractivity contribution in [2.45, 2.75) is 59.2 Å². The summed E-state index contributed by atoms with van der Waals surface area (Å²) in [6.07, 6.45) is 8.82. The summed E-state index contributed by atoms with van der Waals surface area (Å²) in [5, 5.41) is 10.8. The van der Waals surface area contributed by atoms with E-state index >= 15 is 0 Å². The maximum absolute atomic E-state index is 9.36. The SMILES string of the molecule is C[Si](C)(C)C1=[C-]CC=C1.Cc1cc(O)cc(C(C)(C)C)c1.Cl.Cl.[Ti+]=[C](c1ccccc1)c1ccccc1. The summed E-state index contributed by atoms with van der Waals surface area (Å²) in [6.45, 7) is 15.5. The minimum absolute atomic E-state index is 0. The van der Waals surface area contributed by atoms with Crippen molar-refractivity contribution >= 4 is 36.7 Å². The molecule has 1 aliphatic carbocycles. The van der Waals surface area contributed by atoms with Crippen LogP contribution in [0.25, 0.3) is 0 Å². The fourth-order valence-corrected chi connectivity index (χ4v) is 5.26. The first-order chi connectivity index (χ1) is 16.4. The molecule has 1 aliphatic rings. The molecule has 197 valence electrons. The average molecular weight is 589 g/mol. The van der Waals surface area contributed by atoms with Gasteiger partial charge in [0, 0.05) is 8.07 Å². The molecule has 3 aromatic carbocycles. The number of rotatable bonds is 3. The average Bonchev–Trinajstić information content (AvgIpc) is 3.35. The van der Waals surface area contributed by atoms with Gasteiger partial charge in [-0.05, 0) is 35.6 Å². The van der Waals surface area contributed by atoms with Gasteiger partial charge in [0.2, 0.25) is 0 Å². The third-order valence-corrected chi connectivity index (χ3v) is 8.42. The fraction of sp³-hybridized carbons (Fsp3) is 0.281. The number of phenols is 1. The molecular weight excluding hydrogens is 547 g/mol. The van der Waals surface area contributed by atoms with Crippen molar-refractivity contribution in [3.63, 3.8) is 0 Å². The van der Waals surface area contributed by atoms with Gasteiger partial charge in [0.15, 0.2) is 0 Å². The van der Waals surface area contributed by atoms with Gasteiger partial charge in [-0.15, -0.1) is 31.2 Å².